The lowest BCUT2D eigenvalue weighted by Gasteiger charge is -2.15. The van der Waals surface area contributed by atoms with Crippen molar-refractivity contribution >= 4 is 23.7 Å². The minimum Gasteiger partial charge on any atom is -0.497 e. The third-order valence-corrected chi connectivity index (χ3v) is 4.06. The summed E-state index contributed by atoms with van der Waals surface area (Å²) in [5.74, 6) is -0.784. The molecule has 1 aromatic rings. The molecule has 1 N–H and O–H groups in total. The number of hydrogen-bond acceptors (Lipinski definition) is 7. The Kier molecular flexibility index (Phi) is 6.04. The predicted octanol–water partition coefficient (Wildman–Crippen LogP) is 1.15. The zero-order chi connectivity index (χ0) is 20.2. The van der Waals surface area contributed by atoms with Crippen LogP contribution in [0.3, 0.4) is 0 Å². The van der Waals surface area contributed by atoms with Crippen molar-refractivity contribution in [3.05, 3.63) is 23.8 Å². The summed E-state index contributed by atoms with van der Waals surface area (Å²) < 4.78 is 15.2. The van der Waals surface area contributed by atoms with Gasteiger partial charge in [0, 0.05) is 6.54 Å². The van der Waals surface area contributed by atoms with Crippen LogP contribution in [0.2, 0.25) is 0 Å². The predicted molar refractivity (Wildman–Crippen MR) is 93.8 cm³/mol. The number of imide groups is 1. The van der Waals surface area contributed by atoms with Crippen LogP contribution in [0.4, 0.5) is 4.79 Å². The molecule has 1 aliphatic rings. The van der Waals surface area contributed by atoms with E-state index in [1.807, 2.05) is 0 Å². The fourth-order valence-electron chi connectivity index (χ4n) is 2.55. The highest BCUT2D eigenvalue weighted by molar-refractivity contribution is 6.06. The molecule has 27 heavy (non-hydrogen) atoms. The summed E-state index contributed by atoms with van der Waals surface area (Å²) in [6, 6.07) is 4.15. The molecule has 9 heteroatoms. The second kappa shape index (κ2) is 8.07. The van der Waals surface area contributed by atoms with Crippen molar-refractivity contribution in [2.45, 2.75) is 25.8 Å². The van der Waals surface area contributed by atoms with Gasteiger partial charge in [-0.15, -0.1) is 0 Å². The molecule has 9 nitrogen and oxygen atoms in total. The molecule has 146 valence electrons. The minimum atomic E-state index is -1.00. The Hall–Kier alpha value is -3.10. The van der Waals surface area contributed by atoms with Gasteiger partial charge in [0.2, 0.25) is 5.78 Å². The number of Topliss-reactive ketones (excluding diaryl/α,β-unsaturated/α-hetero) is 1. The molecule has 1 heterocycles. The second-order valence-corrected chi connectivity index (χ2v) is 6.41. The summed E-state index contributed by atoms with van der Waals surface area (Å²) >= 11 is 0. The van der Waals surface area contributed by atoms with Crippen LogP contribution in [0.15, 0.2) is 18.2 Å². The molecule has 0 atom stereocenters. The third-order valence-electron chi connectivity index (χ3n) is 4.06. The summed E-state index contributed by atoms with van der Waals surface area (Å²) in [5.41, 5.74) is -0.777. The van der Waals surface area contributed by atoms with E-state index in [9.17, 15) is 19.2 Å². The number of esters is 1. The summed E-state index contributed by atoms with van der Waals surface area (Å²) in [6.45, 7) is 2.54. The quantitative estimate of drug-likeness (QED) is 0.410. The van der Waals surface area contributed by atoms with Crippen LogP contribution in [0, 0.1) is 0 Å². The number of carbonyl (C=O) groups excluding carboxylic acids is 4. The molecule has 2 rings (SSSR count). The van der Waals surface area contributed by atoms with Crippen LogP contribution >= 0.6 is 0 Å². The molecule has 0 bridgehead atoms. The van der Waals surface area contributed by atoms with Gasteiger partial charge in [0.1, 0.15) is 17.0 Å². The fourth-order valence-corrected chi connectivity index (χ4v) is 2.55. The lowest BCUT2D eigenvalue weighted by molar-refractivity contribution is -0.143. The Morgan fingerprint density at radius 2 is 1.85 bits per heavy atom. The maximum absolute atomic E-state index is 12.3. The van der Waals surface area contributed by atoms with Crippen LogP contribution in [0.5, 0.6) is 11.5 Å². The van der Waals surface area contributed by atoms with Crippen LogP contribution in [-0.4, -0.2) is 61.5 Å². The fraction of sp³-hybridized carbons (Fsp3) is 0.444. The van der Waals surface area contributed by atoms with Gasteiger partial charge in [0.05, 0.1) is 26.2 Å². The molecule has 1 fully saturated rings. The molecule has 0 unspecified atom stereocenters. The number of ether oxygens (including phenoxy) is 3. The van der Waals surface area contributed by atoms with Crippen molar-refractivity contribution < 1.29 is 33.4 Å². The first-order valence-electron chi connectivity index (χ1n) is 8.24. The molecule has 1 saturated heterocycles. The largest absolute Gasteiger partial charge is 0.497 e. The molecular formula is C18H22N2O7. The smallest absolute Gasteiger partial charge is 0.325 e. The molecule has 0 radical (unpaired) electrons. The van der Waals surface area contributed by atoms with E-state index in [1.165, 1.54) is 20.3 Å². The van der Waals surface area contributed by atoms with Crippen molar-refractivity contribution in [3.63, 3.8) is 0 Å². The van der Waals surface area contributed by atoms with Crippen molar-refractivity contribution in [3.8, 4) is 11.5 Å². The molecule has 0 aromatic heterocycles. The summed E-state index contributed by atoms with van der Waals surface area (Å²) in [7, 11) is 2.89. The van der Waals surface area contributed by atoms with Gasteiger partial charge in [-0.2, -0.15) is 0 Å². The third kappa shape index (κ3) is 4.55. The van der Waals surface area contributed by atoms with Crippen molar-refractivity contribution in [2.75, 3.05) is 27.4 Å². The highest BCUT2D eigenvalue weighted by atomic mass is 16.5. The number of hydrogen-bond donors (Lipinski definition) is 1. The second-order valence-electron chi connectivity index (χ2n) is 6.41. The highest BCUT2D eigenvalue weighted by Crippen LogP contribution is 2.24. The van der Waals surface area contributed by atoms with E-state index in [0.29, 0.717) is 11.5 Å². The normalized spacial score (nSPS) is 15.3. The number of ketones is 1. The van der Waals surface area contributed by atoms with Crippen LogP contribution in [0.1, 0.15) is 30.6 Å². The first-order chi connectivity index (χ1) is 12.7. The lowest BCUT2D eigenvalue weighted by Crippen LogP contribution is -2.40. The number of urea groups is 1. The molecular weight excluding hydrogens is 356 g/mol. The lowest BCUT2D eigenvalue weighted by atomic mass is 10.1. The van der Waals surface area contributed by atoms with Crippen molar-refractivity contribution in [2.24, 2.45) is 0 Å². The van der Waals surface area contributed by atoms with Crippen LogP contribution in [-0.2, 0) is 14.3 Å². The van der Waals surface area contributed by atoms with Gasteiger partial charge in [-0.1, -0.05) is 0 Å². The summed E-state index contributed by atoms with van der Waals surface area (Å²) in [5, 5.41) is 2.52. The maximum Gasteiger partial charge on any atom is 0.325 e. The Morgan fingerprint density at radius 3 is 2.41 bits per heavy atom. The first-order valence-corrected chi connectivity index (χ1v) is 8.24. The van der Waals surface area contributed by atoms with E-state index < -0.39 is 35.8 Å². The summed E-state index contributed by atoms with van der Waals surface area (Å²) in [4.78, 5) is 48.9. The molecule has 3 amide bonds. The Morgan fingerprint density at radius 1 is 1.15 bits per heavy atom. The van der Waals surface area contributed by atoms with E-state index in [4.69, 9.17) is 14.2 Å². The number of nitrogens with zero attached hydrogens (tertiary/aromatic N) is 1. The van der Waals surface area contributed by atoms with Crippen LogP contribution in [0.25, 0.3) is 0 Å². The molecule has 0 spiro atoms. The monoisotopic (exact) mass is 378 g/mol. The molecule has 0 aliphatic carbocycles. The first kappa shape index (κ1) is 20.2. The average molecular weight is 378 g/mol. The van der Waals surface area contributed by atoms with Gasteiger partial charge in [0.15, 0.2) is 6.61 Å². The standard InChI is InChI=1S/C18H22N2O7/c1-18(2)16(23)20(17(24)19-18)8-7-15(22)27-10-13(21)12-9-11(25-3)5-6-14(12)26-4/h5-6,9H,7-8,10H2,1-4H3,(H,19,24). The molecule has 1 aromatic carbocycles. The topological polar surface area (TPSA) is 111 Å². The maximum atomic E-state index is 12.3. The van der Waals surface area contributed by atoms with Gasteiger partial charge in [-0.25, -0.2) is 4.79 Å². The van der Waals surface area contributed by atoms with E-state index >= 15 is 0 Å². The number of methoxy groups -OCH3 is 2. The van der Waals surface area contributed by atoms with E-state index in [-0.39, 0.29) is 18.5 Å². The number of nitrogens with one attached hydrogen (secondary N) is 1. The number of carbonyl (C=O) groups is 4. The Balaban J connectivity index is 1.90. The highest BCUT2D eigenvalue weighted by Gasteiger charge is 2.44. The number of amides is 3. The average Bonchev–Trinajstić information content (AvgIpc) is 2.84. The summed E-state index contributed by atoms with van der Waals surface area (Å²) in [6.07, 6.45) is -0.211. The molecule has 0 saturated carbocycles. The van der Waals surface area contributed by atoms with Crippen molar-refractivity contribution in [1.82, 2.24) is 10.2 Å². The van der Waals surface area contributed by atoms with Gasteiger partial charge in [0.25, 0.3) is 5.91 Å². The Labute approximate surface area is 156 Å². The van der Waals surface area contributed by atoms with E-state index in [0.717, 1.165) is 4.90 Å². The molecule has 1 aliphatic heterocycles. The SMILES string of the molecule is COc1ccc(OC)c(C(=O)COC(=O)CCN2C(=O)NC(C)(C)C2=O)c1. The Bertz CT molecular complexity index is 773. The zero-order valence-electron chi connectivity index (χ0n) is 15.7. The van der Waals surface area contributed by atoms with Gasteiger partial charge >= 0.3 is 12.0 Å². The minimum absolute atomic E-state index is 0.121. The van der Waals surface area contributed by atoms with Gasteiger partial charge < -0.3 is 19.5 Å². The van der Waals surface area contributed by atoms with E-state index in [1.54, 1.807) is 26.0 Å². The van der Waals surface area contributed by atoms with Crippen molar-refractivity contribution in [1.29, 1.82) is 0 Å². The van der Waals surface area contributed by atoms with Gasteiger partial charge in [-0.05, 0) is 32.0 Å². The number of rotatable bonds is 8. The van der Waals surface area contributed by atoms with Crippen LogP contribution < -0.4 is 14.8 Å². The van der Waals surface area contributed by atoms with Gasteiger partial charge in [-0.3, -0.25) is 19.3 Å². The van der Waals surface area contributed by atoms with E-state index in [2.05, 4.69) is 5.32 Å². The zero-order valence-corrected chi connectivity index (χ0v) is 15.7. The number of benzene rings is 1.